The number of rotatable bonds is 4. The summed E-state index contributed by atoms with van der Waals surface area (Å²) in [5.41, 5.74) is 3.41. The second-order valence-electron chi connectivity index (χ2n) is 6.09. The lowest BCUT2D eigenvalue weighted by molar-refractivity contribution is 0.414. The Balaban J connectivity index is 1.94. The molecule has 0 fully saturated rings. The van der Waals surface area contributed by atoms with Crippen LogP contribution in [0.15, 0.2) is 59.3 Å². The number of phenolic OH excluding ortho intramolecular Hbond substituents is 1. The van der Waals surface area contributed by atoms with Crippen molar-refractivity contribution in [2.75, 3.05) is 14.2 Å². The second-order valence-corrected chi connectivity index (χ2v) is 6.09. The molecule has 0 aliphatic rings. The molecule has 0 unspecified atom stereocenters. The van der Waals surface area contributed by atoms with Gasteiger partial charge in [0.25, 0.3) is 0 Å². The maximum absolute atomic E-state index is 10.6. The van der Waals surface area contributed by atoms with E-state index in [0.29, 0.717) is 33.7 Å². The van der Waals surface area contributed by atoms with E-state index in [4.69, 9.17) is 13.9 Å². The first-order valence-corrected chi connectivity index (χ1v) is 8.48. The standard InChI is InChI=1S/C22H16N2O4/c1-26-15-5-3-13(4-6-15)17-9-18(24-12-14(17)11-23)21-19(25)10-20-16(7-8-28-20)22(21)27-2/h3-10,12,25H,1-2H3. The van der Waals surface area contributed by atoms with Crippen molar-refractivity contribution in [3.63, 3.8) is 0 Å². The molecule has 1 N–H and O–H groups in total. The lowest BCUT2D eigenvalue weighted by Gasteiger charge is -2.13. The molecule has 0 spiro atoms. The molecule has 2 aromatic carbocycles. The van der Waals surface area contributed by atoms with Crippen LogP contribution in [0.3, 0.4) is 0 Å². The van der Waals surface area contributed by atoms with Gasteiger partial charge in [-0.15, -0.1) is 0 Å². The first kappa shape index (κ1) is 17.4. The van der Waals surface area contributed by atoms with Crippen LogP contribution in [0.4, 0.5) is 0 Å². The fraction of sp³-hybridized carbons (Fsp3) is 0.0909. The van der Waals surface area contributed by atoms with Gasteiger partial charge in [0.2, 0.25) is 0 Å². The van der Waals surface area contributed by atoms with Crippen LogP contribution in [0.5, 0.6) is 17.2 Å². The molecule has 4 rings (SSSR count). The number of furan rings is 1. The van der Waals surface area contributed by atoms with Crippen molar-refractivity contribution in [2.24, 2.45) is 0 Å². The fourth-order valence-electron chi connectivity index (χ4n) is 3.22. The van der Waals surface area contributed by atoms with Gasteiger partial charge in [-0.1, -0.05) is 12.1 Å². The van der Waals surface area contributed by atoms with Crippen molar-refractivity contribution in [3.8, 4) is 45.7 Å². The van der Waals surface area contributed by atoms with E-state index in [9.17, 15) is 10.4 Å². The summed E-state index contributed by atoms with van der Waals surface area (Å²) in [6, 6.07) is 14.6. The molecule has 138 valence electrons. The summed E-state index contributed by atoms with van der Waals surface area (Å²) >= 11 is 0. The Hall–Kier alpha value is -3.98. The van der Waals surface area contributed by atoms with E-state index in [1.807, 2.05) is 24.3 Å². The van der Waals surface area contributed by atoms with E-state index >= 15 is 0 Å². The van der Waals surface area contributed by atoms with Gasteiger partial charge in [0.1, 0.15) is 28.9 Å². The summed E-state index contributed by atoms with van der Waals surface area (Å²) in [4.78, 5) is 4.38. The van der Waals surface area contributed by atoms with Gasteiger partial charge in [0, 0.05) is 17.8 Å². The molecule has 0 amide bonds. The zero-order chi connectivity index (χ0) is 19.7. The highest BCUT2D eigenvalue weighted by Gasteiger charge is 2.20. The van der Waals surface area contributed by atoms with Crippen LogP contribution < -0.4 is 9.47 Å². The highest BCUT2D eigenvalue weighted by atomic mass is 16.5. The maximum atomic E-state index is 10.6. The molecule has 0 aliphatic carbocycles. The average molecular weight is 372 g/mol. The molecule has 2 aromatic heterocycles. The molecule has 0 saturated heterocycles. The number of phenols is 1. The van der Waals surface area contributed by atoms with Crippen molar-refractivity contribution in [1.82, 2.24) is 4.98 Å². The van der Waals surface area contributed by atoms with Crippen LogP contribution >= 0.6 is 0 Å². The summed E-state index contributed by atoms with van der Waals surface area (Å²) in [7, 11) is 3.13. The lowest BCUT2D eigenvalue weighted by atomic mass is 9.98. The van der Waals surface area contributed by atoms with Crippen LogP contribution in [-0.4, -0.2) is 24.3 Å². The Morgan fingerprint density at radius 2 is 1.86 bits per heavy atom. The summed E-state index contributed by atoms with van der Waals surface area (Å²) in [5.74, 6) is 1.17. The molecule has 0 aliphatic heterocycles. The van der Waals surface area contributed by atoms with E-state index in [0.717, 1.165) is 16.7 Å². The third-order valence-corrected chi connectivity index (χ3v) is 4.58. The first-order valence-electron chi connectivity index (χ1n) is 8.48. The van der Waals surface area contributed by atoms with Gasteiger partial charge >= 0.3 is 0 Å². The summed E-state index contributed by atoms with van der Waals surface area (Å²) in [6.07, 6.45) is 3.03. The van der Waals surface area contributed by atoms with Crippen molar-refractivity contribution in [3.05, 3.63) is 60.5 Å². The normalized spacial score (nSPS) is 10.6. The molecule has 28 heavy (non-hydrogen) atoms. The highest BCUT2D eigenvalue weighted by molar-refractivity contribution is 5.95. The zero-order valence-electron chi connectivity index (χ0n) is 15.3. The smallest absolute Gasteiger partial charge is 0.143 e. The molecular weight excluding hydrogens is 356 g/mol. The van der Waals surface area contributed by atoms with Crippen LogP contribution in [-0.2, 0) is 0 Å². The van der Waals surface area contributed by atoms with Gasteiger partial charge < -0.3 is 19.0 Å². The first-order chi connectivity index (χ1) is 13.7. The number of aromatic hydroxyl groups is 1. The van der Waals surface area contributed by atoms with Crippen molar-refractivity contribution >= 4 is 11.0 Å². The molecule has 0 atom stereocenters. The average Bonchev–Trinajstić information content (AvgIpc) is 3.20. The van der Waals surface area contributed by atoms with Gasteiger partial charge in [0.05, 0.1) is 42.7 Å². The van der Waals surface area contributed by atoms with Crippen LogP contribution in [0.1, 0.15) is 5.56 Å². The Morgan fingerprint density at radius 3 is 2.54 bits per heavy atom. The predicted molar refractivity (Wildman–Crippen MR) is 104 cm³/mol. The summed E-state index contributed by atoms with van der Waals surface area (Å²) in [5, 5.41) is 20.8. The van der Waals surface area contributed by atoms with Crippen LogP contribution in [0, 0.1) is 11.3 Å². The van der Waals surface area contributed by atoms with E-state index in [-0.39, 0.29) is 5.75 Å². The number of pyridine rings is 1. The molecule has 6 nitrogen and oxygen atoms in total. The Labute approximate surface area is 161 Å². The largest absolute Gasteiger partial charge is 0.507 e. The third-order valence-electron chi connectivity index (χ3n) is 4.58. The van der Waals surface area contributed by atoms with Gasteiger partial charge in [0.15, 0.2) is 0 Å². The molecule has 4 aromatic rings. The molecule has 2 heterocycles. The molecule has 0 radical (unpaired) electrons. The van der Waals surface area contributed by atoms with E-state index in [1.54, 1.807) is 19.2 Å². The highest BCUT2D eigenvalue weighted by Crippen LogP contribution is 2.44. The predicted octanol–water partition coefficient (Wildman–Crippen LogP) is 4.76. The number of ether oxygens (including phenoxy) is 2. The van der Waals surface area contributed by atoms with Gasteiger partial charge in [-0.05, 0) is 29.8 Å². The van der Waals surface area contributed by atoms with Crippen LogP contribution in [0.2, 0.25) is 0 Å². The number of nitriles is 1. The summed E-state index contributed by atoms with van der Waals surface area (Å²) in [6.45, 7) is 0. The monoisotopic (exact) mass is 372 g/mol. The SMILES string of the molecule is COc1ccc(-c2cc(-c3c(O)cc4occc4c3OC)ncc2C#N)cc1. The minimum atomic E-state index is -0.0165. The Bertz CT molecular complexity index is 1200. The van der Waals surface area contributed by atoms with Crippen molar-refractivity contribution in [2.45, 2.75) is 0 Å². The number of fused-ring (bicyclic) bond motifs is 1. The van der Waals surface area contributed by atoms with E-state index in [1.165, 1.54) is 25.6 Å². The minimum Gasteiger partial charge on any atom is -0.507 e. The maximum Gasteiger partial charge on any atom is 0.143 e. The van der Waals surface area contributed by atoms with Gasteiger partial charge in [-0.25, -0.2) is 0 Å². The molecular formula is C22H16N2O4. The molecule has 6 heteroatoms. The number of hydrogen-bond acceptors (Lipinski definition) is 6. The summed E-state index contributed by atoms with van der Waals surface area (Å²) < 4.78 is 16.1. The van der Waals surface area contributed by atoms with Crippen molar-refractivity contribution in [1.29, 1.82) is 5.26 Å². The van der Waals surface area contributed by atoms with E-state index in [2.05, 4.69) is 11.1 Å². The fourth-order valence-corrected chi connectivity index (χ4v) is 3.22. The molecule has 0 saturated carbocycles. The zero-order valence-corrected chi connectivity index (χ0v) is 15.3. The number of hydrogen-bond donors (Lipinski definition) is 1. The number of benzene rings is 2. The Morgan fingerprint density at radius 1 is 1.07 bits per heavy atom. The number of methoxy groups -OCH3 is 2. The Kier molecular flexibility index (Phi) is 4.34. The number of nitrogens with zero attached hydrogens (tertiary/aromatic N) is 2. The topological polar surface area (TPSA) is 88.5 Å². The quantitative estimate of drug-likeness (QED) is 0.556. The van der Waals surface area contributed by atoms with Gasteiger partial charge in [-0.2, -0.15) is 5.26 Å². The molecule has 0 bridgehead atoms. The number of aromatic nitrogens is 1. The third kappa shape index (κ3) is 2.79. The second kappa shape index (κ2) is 6.97. The van der Waals surface area contributed by atoms with Gasteiger partial charge in [-0.3, -0.25) is 4.98 Å². The van der Waals surface area contributed by atoms with Crippen molar-refractivity contribution < 1.29 is 19.0 Å². The lowest BCUT2D eigenvalue weighted by Crippen LogP contribution is -1.94. The van der Waals surface area contributed by atoms with Crippen LogP contribution in [0.25, 0.3) is 33.4 Å². The minimum absolute atomic E-state index is 0.0165. The van der Waals surface area contributed by atoms with E-state index < -0.39 is 0 Å².